The number of carbonyl (C=O) groups is 2. The number of carboxylic acids is 2. The highest BCUT2D eigenvalue weighted by molar-refractivity contribution is 6.32. The predicted octanol–water partition coefficient (Wildman–Crippen LogP) is 20.5. The molecule has 0 unspecified atom stereocenters. The number of nitrogens with two attached hydrogens (primary N) is 6. The number of nitrogens with zero attached hydrogens (tertiary/aromatic N) is 6. The van der Waals surface area contributed by atoms with Gasteiger partial charge in [0.2, 0.25) is 0 Å². The van der Waals surface area contributed by atoms with Gasteiger partial charge in [-0.25, -0.2) is 59.7 Å². The Morgan fingerprint density at radius 2 is 0.614 bits per heavy atom. The number of nitrogens with one attached hydrogen (secondary N) is 6. The van der Waals surface area contributed by atoms with Crippen LogP contribution in [0.3, 0.4) is 0 Å². The fourth-order valence-corrected chi connectivity index (χ4v) is 12.3. The second kappa shape index (κ2) is 63.2. The fraction of sp³-hybridized carbons (Fsp3) is 0.238. The number of halogens is 12. The molecule has 12 aromatic carbocycles. The van der Waals surface area contributed by atoms with Crippen LogP contribution in [0.5, 0.6) is 5.75 Å². The zero-order chi connectivity index (χ0) is 104. The molecular formula is C105H122Cl4F8N18O5. The van der Waals surface area contributed by atoms with Crippen LogP contribution in [0.1, 0.15) is 126 Å². The Hall–Kier alpha value is -14.4. The van der Waals surface area contributed by atoms with E-state index in [0.29, 0.717) is 57.9 Å². The van der Waals surface area contributed by atoms with Crippen LogP contribution in [-0.4, -0.2) is 102 Å². The van der Waals surface area contributed by atoms with Gasteiger partial charge in [0.15, 0.2) is 35.8 Å². The number of phenolic OH excluding ortho intramolecular Hbond substituents is 1. The number of aliphatic imine (C=N–C) groups is 6. The fourth-order valence-electron chi connectivity index (χ4n) is 11.6. The van der Waals surface area contributed by atoms with Crippen molar-refractivity contribution in [2.75, 3.05) is 39.3 Å². The van der Waals surface area contributed by atoms with Gasteiger partial charge in [-0.2, -0.15) is 0 Å². The molecule has 3 aliphatic heterocycles. The summed E-state index contributed by atoms with van der Waals surface area (Å²) in [6.07, 6.45) is 0. The number of rotatable bonds is 14. The van der Waals surface area contributed by atoms with Crippen LogP contribution in [0.15, 0.2) is 260 Å². The molecular weight excluding hydrogens is 1890 g/mol. The molecule has 3 aliphatic rings. The topological polar surface area (TPSA) is 397 Å². The van der Waals surface area contributed by atoms with Crippen molar-refractivity contribution in [1.82, 2.24) is 31.9 Å². The minimum absolute atomic E-state index is 0.00926. The lowest BCUT2D eigenvalue weighted by atomic mass is 10.1. The van der Waals surface area contributed by atoms with Crippen molar-refractivity contribution in [2.24, 2.45) is 64.4 Å². The minimum Gasteiger partial charge on any atom is -0.508 e. The summed E-state index contributed by atoms with van der Waals surface area (Å²) in [6.45, 7) is 33.4. The van der Waals surface area contributed by atoms with Crippen LogP contribution in [0, 0.1) is 137 Å². The van der Waals surface area contributed by atoms with Gasteiger partial charge in [0.05, 0.1) is 50.4 Å². The average Bonchev–Trinajstić information content (AvgIpc) is 1.13. The molecule has 0 saturated carbocycles. The van der Waals surface area contributed by atoms with Crippen LogP contribution < -0.4 is 66.3 Å². The lowest BCUT2D eigenvalue weighted by molar-refractivity contribution is 0.0685. The molecule has 0 bridgehead atoms. The number of carboxylic acid groups (broad SMARTS) is 2. The molecule has 12 aromatic rings. The van der Waals surface area contributed by atoms with Crippen molar-refractivity contribution in [3.63, 3.8) is 0 Å². The minimum atomic E-state index is -1.10. The number of aromatic hydroxyl groups is 1. The largest absolute Gasteiger partial charge is 0.508 e. The highest BCUT2D eigenvalue weighted by Crippen LogP contribution is 2.22. The molecule has 3 heterocycles. The quantitative estimate of drug-likeness (QED) is 0.0273. The van der Waals surface area contributed by atoms with Crippen LogP contribution >= 0.6 is 46.4 Å². The van der Waals surface area contributed by atoms with E-state index in [9.17, 15) is 44.7 Å². The monoisotopic (exact) mass is 2010 g/mol. The maximum atomic E-state index is 13.0. The normalized spacial score (nSPS) is 11.2. The van der Waals surface area contributed by atoms with Crippen molar-refractivity contribution in [3.05, 3.63) is 414 Å². The Labute approximate surface area is 833 Å². The van der Waals surface area contributed by atoms with E-state index in [2.05, 4.69) is 100.0 Å². The van der Waals surface area contributed by atoms with E-state index in [-0.39, 0.29) is 58.0 Å². The van der Waals surface area contributed by atoms with Crippen LogP contribution in [-0.2, 0) is 39.3 Å². The van der Waals surface area contributed by atoms with E-state index in [0.717, 1.165) is 155 Å². The number of hydrogen-bond donors (Lipinski definition) is 15. The summed E-state index contributed by atoms with van der Waals surface area (Å²) in [5.74, 6) is -2.02. The van der Waals surface area contributed by atoms with E-state index >= 15 is 0 Å². The van der Waals surface area contributed by atoms with Gasteiger partial charge < -0.3 is 81.6 Å². The molecule has 0 saturated heterocycles. The standard InChI is InChI=1S/C11H14ClN3.C11H14FN3.C11H15N3.C9H12ClN3.C9H12FN3.C9H13N3.C8H7ClO2.C8H7FO2.C8H9F.C7H6ClF.C7H6F2.C7H7FO/c2*1-8-2-3-10(12)6-9(8)7-15-11-13-4-5-14-11;1-9-4-2-3-5-10(9)8-14-11-12-6-7-13-11;2*1-6-2-3-8(10)4-7(6)5-13-9(11)12;1-7-4-2-3-5-8(7)6-12-9(10)11;2*1-5-2-3-6(9)4-7(5)8(10)11;1-6-3-4-8(9)5-7(6)2;1-5-2-3-6(9)4-7(5)8;2*1-5-2-3-6(8)4-7(5)9/h2*2-3,6H,4-5,7H2,1H3,(H2,13,14,15);2-5H,6-8H2,1H3,(H2,12,13,14);2*2-4H,5H2,1H3,(H4,11,12,13);2-5H,6H2,1H3,(H4,10,11,12);2*2-4H,1H3,(H,10,11);3-5H,1-2H3;2*2-4H,1H3;2-4,9H,1H3. The summed E-state index contributed by atoms with van der Waals surface area (Å²) in [7, 11) is 0. The van der Waals surface area contributed by atoms with Crippen molar-refractivity contribution >= 4 is 94.1 Å². The maximum Gasteiger partial charge on any atom is 0.336 e. The lowest BCUT2D eigenvalue weighted by Gasteiger charge is -2.09. The first-order valence-electron chi connectivity index (χ1n) is 43.6. The van der Waals surface area contributed by atoms with Gasteiger partial charge in [-0.05, 0) is 305 Å². The second-order valence-corrected chi connectivity index (χ2v) is 33.1. The second-order valence-electron chi connectivity index (χ2n) is 31.4. The summed E-state index contributed by atoms with van der Waals surface area (Å²) < 4.78 is 99.4. The molecule has 15 rings (SSSR count). The number of guanidine groups is 6. The van der Waals surface area contributed by atoms with Crippen molar-refractivity contribution < 1.29 is 60.0 Å². The summed E-state index contributed by atoms with van der Waals surface area (Å²) in [5, 5.41) is 47.5. The zero-order valence-corrected chi connectivity index (χ0v) is 83.3. The Morgan fingerprint density at radius 3 is 0.979 bits per heavy atom. The Kier molecular flexibility index (Phi) is 53.2. The van der Waals surface area contributed by atoms with E-state index in [1.54, 1.807) is 70.2 Å². The van der Waals surface area contributed by atoms with Gasteiger partial charge in [0.1, 0.15) is 52.3 Å². The highest BCUT2D eigenvalue weighted by Gasteiger charge is 2.13. The van der Waals surface area contributed by atoms with Crippen molar-refractivity contribution in [2.45, 2.75) is 129 Å². The van der Waals surface area contributed by atoms with E-state index < -0.39 is 35.2 Å². The van der Waals surface area contributed by atoms with Crippen molar-refractivity contribution in [3.8, 4) is 5.75 Å². The number of aromatic carboxylic acids is 2. The van der Waals surface area contributed by atoms with Crippen LogP contribution in [0.25, 0.3) is 0 Å². The third kappa shape index (κ3) is 48.1. The first kappa shape index (κ1) is 118. The lowest BCUT2D eigenvalue weighted by Crippen LogP contribution is -2.33. The molecule has 0 amide bonds. The van der Waals surface area contributed by atoms with Gasteiger partial charge >= 0.3 is 11.9 Å². The Bertz CT molecular complexity index is 5800. The zero-order valence-electron chi connectivity index (χ0n) is 80.3. The number of aryl methyl sites for hydroxylation is 13. The van der Waals surface area contributed by atoms with Gasteiger partial charge in [-0.15, -0.1) is 0 Å². The van der Waals surface area contributed by atoms with E-state index in [1.807, 2.05) is 109 Å². The van der Waals surface area contributed by atoms with E-state index in [1.165, 1.54) is 113 Å². The molecule has 0 aliphatic carbocycles. The predicted molar refractivity (Wildman–Crippen MR) is 554 cm³/mol. The number of hydrogen-bond acceptors (Lipinski definition) is 15. The number of phenols is 1. The first-order chi connectivity index (χ1) is 66.3. The SMILES string of the molecule is Cc1ccc(Cl)cc1C(=O)O.Cc1ccc(Cl)cc1CN=C(N)N.Cc1ccc(Cl)cc1CNC1=NCCN1.Cc1ccc(F)cc1C.Cc1ccc(F)cc1C(=O)O.Cc1ccc(F)cc1CN=C(N)N.Cc1ccc(F)cc1CNC1=NCCN1.Cc1ccc(F)cc1Cl.Cc1ccc(F)cc1F.Cc1ccc(F)cc1O.Cc1ccccc1CN=C(N)N.Cc1ccccc1CNC1=NCCN1. The summed E-state index contributed by atoms with van der Waals surface area (Å²) in [4.78, 5) is 45.3. The Balaban J connectivity index is 0.000000320. The molecule has 21 N–H and O–H groups in total. The molecule has 746 valence electrons. The maximum absolute atomic E-state index is 13.0. The molecule has 140 heavy (non-hydrogen) atoms. The first-order valence-corrected chi connectivity index (χ1v) is 45.1. The van der Waals surface area contributed by atoms with Gasteiger partial charge in [0.25, 0.3) is 0 Å². The third-order valence-corrected chi connectivity index (χ3v) is 21.3. The molecule has 23 nitrogen and oxygen atoms in total. The van der Waals surface area contributed by atoms with Gasteiger partial charge in [-0.1, -0.05) is 156 Å². The molecule has 0 radical (unpaired) electrons. The third-order valence-electron chi connectivity index (χ3n) is 20.2. The summed E-state index contributed by atoms with van der Waals surface area (Å²) >= 11 is 22.9. The summed E-state index contributed by atoms with van der Waals surface area (Å²) in [6, 6.07) is 62.4. The van der Waals surface area contributed by atoms with E-state index in [4.69, 9.17) is 96.1 Å². The molecule has 0 atom stereocenters. The molecule has 35 heteroatoms. The molecule has 0 spiro atoms. The Morgan fingerprint density at radius 1 is 0.314 bits per heavy atom. The summed E-state index contributed by atoms with van der Waals surface area (Å²) in [5.41, 5.74) is 50.4. The molecule has 0 aromatic heterocycles. The van der Waals surface area contributed by atoms with Crippen LogP contribution in [0.2, 0.25) is 20.1 Å². The van der Waals surface area contributed by atoms with Crippen LogP contribution in [0.4, 0.5) is 35.1 Å². The average molecular weight is 2010 g/mol. The van der Waals surface area contributed by atoms with Gasteiger partial charge in [-0.3, -0.25) is 15.0 Å². The number of benzene rings is 12. The van der Waals surface area contributed by atoms with Crippen molar-refractivity contribution in [1.29, 1.82) is 0 Å². The van der Waals surface area contributed by atoms with Gasteiger partial charge in [0, 0.05) is 71.5 Å². The molecule has 0 fully saturated rings. The highest BCUT2D eigenvalue weighted by atomic mass is 35.5. The smallest absolute Gasteiger partial charge is 0.336 e.